The van der Waals surface area contributed by atoms with Crippen LogP contribution in [0, 0.1) is 0 Å². The van der Waals surface area contributed by atoms with Gasteiger partial charge in [-0.15, -0.1) is 0 Å². The van der Waals surface area contributed by atoms with E-state index in [-0.39, 0.29) is 0 Å². The molecule has 4 aromatic heterocycles. The molecule has 1 saturated heterocycles. The Bertz CT molecular complexity index is 1100. The van der Waals surface area contributed by atoms with Gasteiger partial charge in [-0.2, -0.15) is 0 Å². The van der Waals surface area contributed by atoms with Crippen LogP contribution in [0.3, 0.4) is 0 Å². The van der Waals surface area contributed by atoms with Crippen molar-refractivity contribution in [2.75, 3.05) is 36.4 Å². The molecule has 0 atom stereocenters. The molecule has 0 saturated carbocycles. The van der Waals surface area contributed by atoms with Gasteiger partial charge in [-0.1, -0.05) is 11.3 Å². The van der Waals surface area contributed by atoms with Crippen molar-refractivity contribution in [2.24, 2.45) is 0 Å². The first-order chi connectivity index (χ1) is 14.3. The molecule has 0 spiro atoms. The van der Waals surface area contributed by atoms with Crippen molar-refractivity contribution < 1.29 is 0 Å². The highest BCUT2D eigenvalue weighted by Gasteiger charge is 2.12. The number of anilines is 3. The Labute approximate surface area is 172 Å². The molecular formula is C21H21N7S. The van der Waals surface area contributed by atoms with Crippen LogP contribution in [-0.4, -0.2) is 46.1 Å². The number of aromatic nitrogens is 4. The van der Waals surface area contributed by atoms with Crippen LogP contribution in [0.25, 0.3) is 21.6 Å². The Kier molecular flexibility index (Phi) is 5.02. The average molecular weight is 404 g/mol. The zero-order chi connectivity index (χ0) is 19.5. The minimum Gasteiger partial charge on any atom is -0.370 e. The first kappa shape index (κ1) is 18.0. The molecule has 7 nitrogen and oxygen atoms in total. The lowest BCUT2D eigenvalue weighted by Gasteiger charge is -2.22. The van der Waals surface area contributed by atoms with E-state index in [4.69, 9.17) is 4.98 Å². The van der Waals surface area contributed by atoms with E-state index in [1.165, 1.54) is 17.0 Å². The molecule has 5 rings (SSSR count). The highest BCUT2D eigenvalue weighted by atomic mass is 32.1. The quantitative estimate of drug-likeness (QED) is 0.538. The normalized spacial score (nSPS) is 14.7. The molecule has 0 unspecified atom stereocenters. The number of nitrogens with zero attached hydrogens (tertiary/aromatic N) is 5. The van der Waals surface area contributed by atoms with Crippen LogP contribution < -0.4 is 15.5 Å². The van der Waals surface area contributed by atoms with E-state index in [1.807, 2.05) is 30.5 Å². The number of nitrogens with one attached hydrogen (secondary N) is 2. The molecule has 1 aliphatic heterocycles. The van der Waals surface area contributed by atoms with Crippen LogP contribution in [0.5, 0.6) is 0 Å². The molecule has 1 fully saturated rings. The molecule has 8 heteroatoms. The van der Waals surface area contributed by atoms with Gasteiger partial charge in [0, 0.05) is 55.5 Å². The lowest BCUT2D eigenvalue weighted by Crippen LogP contribution is -2.27. The maximum Gasteiger partial charge on any atom is 0.190 e. The van der Waals surface area contributed by atoms with E-state index in [0.717, 1.165) is 65.2 Å². The molecule has 146 valence electrons. The highest BCUT2D eigenvalue weighted by molar-refractivity contribution is 7.21. The maximum absolute atomic E-state index is 4.76. The summed E-state index contributed by atoms with van der Waals surface area (Å²) >= 11 is 1.53. The molecule has 1 aliphatic rings. The van der Waals surface area contributed by atoms with Crippen molar-refractivity contribution in [3.63, 3.8) is 0 Å². The molecule has 0 amide bonds. The molecule has 0 bridgehead atoms. The fourth-order valence-corrected chi connectivity index (χ4v) is 4.30. The topological polar surface area (TPSA) is 78.9 Å². The number of rotatable bonds is 4. The van der Waals surface area contributed by atoms with Gasteiger partial charge in [-0.3, -0.25) is 4.98 Å². The second-order valence-electron chi connectivity index (χ2n) is 6.89. The van der Waals surface area contributed by atoms with Gasteiger partial charge in [0.1, 0.15) is 16.2 Å². The van der Waals surface area contributed by atoms with Gasteiger partial charge in [0.25, 0.3) is 0 Å². The van der Waals surface area contributed by atoms with Gasteiger partial charge >= 0.3 is 0 Å². The predicted octanol–water partition coefficient (Wildman–Crippen LogP) is 3.69. The third-order valence-corrected chi connectivity index (χ3v) is 5.80. The second-order valence-corrected chi connectivity index (χ2v) is 7.87. The van der Waals surface area contributed by atoms with Crippen LogP contribution in [0.2, 0.25) is 0 Å². The van der Waals surface area contributed by atoms with E-state index >= 15 is 0 Å². The Hall–Kier alpha value is -3.10. The third kappa shape index (κ3) is 4.03. The minimum absolute atomic E-state index is 0.793. The summed E-state index contributed by atoms with van der Waals surface area (Å²) in [6, 6.07) is 12.1. The predicted molar refractivity (Wildman–Crippen MR) is 118 cm³/mol. The highest BCUT2D eigenvalue weighted by Crippen LogP contribution is 2.29. The van der Waals surface area contributed by atoms with Crippen LogP contribution in [0.4, 0.5) is 16.6 Å². The van der Waals surface area contributed by atoms with Crippen molar-refractivity contribution in [1.82, 2.24) is 25.3 Å². The summed E-state index contributed by atoms with van der Waals surface area (Å²) in [4.78, 5) is 21.3. The molecule has 4 aromatic rings. The summed E-state index contributed by atoms with van der Waals surface area (Å²) in [6.07, 6.45) is 6.55. The number of thiazole rings is 1. The second kappa shape index (κ2) is 8.10. The lowest BCUT2D eigenvalue weighted by atomic mass is 10.2. The summed E-state index contributed by atoms with van der Waals surface area (Å²) < 4.78 is 0. The van der Waals surface area contributed by atoms with Crippen LogP contribution >= 0.6 is 11.3 Å². The number of hydrogen-bond acceptors (Lipinski definition) is 8. The van der Waals surface area contributed by atoms with E-state index in [0.29, 0.717) is 0 Å². The van der Waals surface area contributed by atoms with Crippen LogP contribution in [0.15, 0.2) is 55.0 Å². The van der Waals surface area contributed by atoms with Crippen molar-refractivity contribution in [3.05, 3.63) is 55.0 Å². The third-order valence-electron chi connectivity index (χ3n) is 4.92. The van der Waals surface area contributed by atoms with Crippen molar-refractivity contribution in [3.8, 4) is 11.3 Å². The number of fused-ring (bicyclic) bond motifs is 1. The Morgan fingerprint density at radius 2 is 1.90 bits per heavy atom. The lowest BCUT2D eigenvalue weighted by molar-refractivity contribution is 0.724. The summed E-state index contributed by atoms with van der Waals surface area (Å²) in [5.41, 5.74) is 4.03. The van der Waals surface area contributed by atoms with Gasteiger partial charge in [-0.25, -0.2) is 15.0 Å². The van der Waals surface area contributed by atoms with Gasteiger partial charge in [0.05, 0.1) is 5.69 Å². The number of hydrogen-bond donors (Lipinski definition) is 2. The van der Waals surface area contributed by atoms with Crippen LogP contribution in [-0.2, 0) is 0 Å². The van der Waals surface area contributed by atoms with E-state index < -0.39 is 0 Å². The van der Waals surface area contributed by atoms with Crippen molar-refractivity contribution in [2.45, 2.75) is 6.42 Å². The van der Waals surface area contributed by atoms with Gasteiger partial charge in [0.2, 0.25) is 0 Å². The largest absolute Gasteiger partial charge is 0.370 e. The number of pyridine rings is 3. The Balaban J connectivity index is 1.38. The van der Waals surface area contributed by atoms with Gasteiger partial charge in [0.15, 0.2) is 5.13 Å². The zero-order valence-corrected chi connectivity index (χ0v) is 16.7. The zero-order valence-electron chi connectivity index (χ0n) is 15.9. The molecule has 5 heterocycles. The standard InChI is InChI=1S/C21H21N7S/c1-7-22-11-13-28(12-1)16-6-10-24-19(14-16)27-21-26-18-3-2-17(25-20(18)29-21)15-4-8-23-9-5-15/h2-6,8-10,14,22H,1,7,11-13H2,(H,24,26,27). The average Bonchev–Trinajstić information content (AvgIpc) is 2.97. The van der Waals surface area contributed by atoms with E-state index in [9.17, 15) is 0 Å². The Morgan fingerprint density at radius 3 is 2.83 bits per heavy atom. The summed E-state index contributed by atoms with van der Waals surface area (Å²) in [7, 11) is 0. The molecule has 0 radical (unpaired) electrons. The molecule has 0 aromatic carbocycles. The summed E-state index contributed by atoms with van der Waals surface area (Å²) in [5, 5.41) is 7.59. The van der Waals surface area contributed by atoms with E-state index in [2.05, 4.69) is 42.6 Å². The smallest absolute Gasteiger partial charge is 0.190 e. The minimum atomic E-state index is 0.793. The Morgan fingerprint density at radius 1 is 0.966 bits per heavy atom. The first-order valence-electron chi connectivity index (χ1n) is 9.72. The molecule has 29 heavy (non-hydrogen) atoms. The van der Waals surface area contributed by atoms with Crippen molar-refractivity contribution in [1.29, 1.82) is 0 Å². The van der Waals surface area contributed by atoms with Crippen LogP contribution in [0.1, 0.15) is 6.42 Å². The van der Waals surface area contributed by atoms with Crippen molar-refractivity contribution >= 4 is 38.3 Å². The SMILES string of the molecule is c1cc(-c2ccc3nc(Nc4cc(N5CCCNCC5)ccn4)sc3n2)ccn1. The van der Waals surface area contributed by atoms with Gasteiger partial charge in [-0.05, 0) is 43.3 Å². The molecule has 0 aliphatic carbocycles. The summed E-state index contributed by atoms with van der Waals surface area (Å²) in [5.74, 6) is 0.799. The van der Waals surface area contributed by atoms with E-state index in [1.54, 1.807) is 12.4 Å². The molecule has 2 N–H and O–H groups in total. The molecular weight excluding hydrogens is 382 g/mol. The fourth-order valence-electron chi connectivity index (χ4n) is 3.45. The first-order valence-corrected chi connectivity index (χ1v) is 10.5. The summed E-state index contributed by atoms with van der Waals surface area (Å²) in [6.45, 7) is 4.15. The maximum atomic E-state index is 4.76. The monoisotopic (exact) mass is 403 g/mol. The fraction of sp³-hybridized carbons (Fsp3) is 0.238. The van der Waals surface area contributed by atoms with Gasteiger partial charge < -0.3 is 15.5 Å².